The highest BCUT2D eigenvalue weighted by molar-refractivity contribution is 7.12. The Hall–Kier alpha value is -1.79. The zero-order valence-electron chi connectivity index (χ0n) is 9.03. The number of nitrogens with zero attached hydrogens (tertiary/aromatic N) is 1. The van der Waals surface area contributed by atoms with Crippen LogP contribution >= 0.6 is 11.3 Å². The summed E-state index contributed by atoms with van der Waals surface area (Å²) in [5, 5.41) is 12.0. The highest BCUT2D eigenvalue weighted by Gasteiger charge is 1.98. The first-order valence-corrected chi connectivity index (χ1v) is 5.89. The van der Waals surface area contributed by atoms with Crippen LogP contribution in [0.4, 0.5) is 5.69 Å². The minimum Gasteiger partial charge on any atom is -0.380 e. The molecule has 2 rings (SSSR count). The van der Waals surface area contributed by atoms with Gasteiger partial charge in [0, 0.05) is 17.1 Å². The van der Waals surface area contributed by atoms with Gasteiger partial charge in [0.2, 0.25) is 0 Å². The first kappa shape index (κ1) is 10.7. The van der Waals surface area contributed by atoms with E-state index in [-0.39, 0.29) is 0 Å². The van der Waals surface area contributed by atoms with Crippen molar-refractivity contribution in [3.8, 4) is 6.07 Å². The number of nitriles is 1. The van der Waals surface area contributed by atoms with Crippen LogP contribution in [-0.4, -0.2) is 0 Å². The second-order valence-corrected chi connectivity index (χ2v) is 4.77. The van der Waals surface area contributed by atoms with Gasteiger partial charge < -0.3 is 5.32 Å². The van der Waals surface area contributed by atoms with Crippen molar-refractivity contribution in [1.29, 1.82) is 5.26 Å². The average molecular weight is 228 g/mol. The third-order valence-corrected chi connectivity index (χ3v) is 3.28. The van der Waals surface area contributed by atoms with E-state index in [9.17, 15) is 0 Å². The van der Waals surface area contributed by atoms with Crippen molar-refractivity contribution < 1.29 is 0 Å². The fourth-order valence-electron chi connectivity index (χ4n) is 1.39. The number of anilines is 1. The van der Waals surface area contributed by atoms with Gasteiger partial charge >= 0.3 is 0 Å². The zero-order chi connectivity index (χ0) is 11.4. The summed E-state index contributed by atoms with van der Waals surface area (Å²) in [6.07, 6.45) is 0. The van der Waals surface area contributed by atoms with Gasteiger partial charge in [-0.2, -0.15) is 5.26 Å². The minimum absolute atomic E-state index is 0.765. The standard InChI is InChI=1S/C13H12N2S/c1-10-2-4-11(5-3-10)15-9-13-7-6-12(8-14)16-13/h2-7,15H,9H2,1H3. The Bertz CT molecular complexity index is 505. The van der Waals surface area contributed by atoms with Crippen molar-refractivity contribution in [2.24, 2.45) is 0 Å². The van der Waals surface area contributed by atoms with Gasteiger partial charge in [-0.25, -0.2) is 0 Å². The molecule has 1 heterocycles. The molecule has 0 aliphatic carbocycles. The molecule has 0 saturated carbocycles. The lowest BCUT2D eigenvalue weighted by molar-refractivity contribution is 1.19. The fourth-order valence-corrected chi connectivity index (χ4v) is 2.14. The Kier molecular flexibility index (Phi) is 3.23. The van der Waals surface area contributed by atoms with Crippen LogP contribution in [0.3, 0.4) is 0 Å². The lowest BCUT2D eigenvalue weighted by Crippen LogP contribution is -1.96. The maximum Gasteiger partial charge on any atom is 0.110 e. The largest absolute Gasteiger partial charge is 0.380 e. The Morgan fingerprint density at radius 3 is 2.56 bits per heavy atom. The van der Waals surface area contributed by atoms with Gasteiger partial charge in [0.1, 0.15) is 10.9 Å². The molecule has 16 heavy (non-hydrogen) atoms. The predicted molar refractivity (Wildman–Crippen MR) is 67.5 cm³/mol. The number of rotatable bonds is 3. The smallest absolute Gasteiger partial charge is 0.110 e. The van der Waals surface area contributed by atoms with Crippen LogP contribution in [-0.2, 0) is 6.54 Å². The molecular weight excluding hydrogens is 216 g/mol. The van der Waals surface area contributed by atoms with Crippen LogP contribution in [0.5, 0.6) is 0 Å². The summed E-state index contributed by atoms with van der Waals surface area (Å²) < 4.78 is 0. The molecule has 1 aromatic heterocycles. The lowest BCUT2D eigenvalue weighted by Gasteiger charge is -2.04. The number of aryl methyl sites for hydroxylation is 1. The lowest BCUT2D eigenvalue weighted by atomic mass is 10.2. The van der Waals surface area contributed by atoms with E-state index >= 15 is 0 Å². The molecule has 0 atom stereocenters. The highest BCUT2D eigenvalue weighted by atomic mass is 32.1. The molecule has 0 amide bonds. The minimum atomic E-state index is 0.765. The van der Waals surface area contributed by atoms with E-state index < -0.39 is 0 Å². The molecule has 0 fully saturated rings. The van der Waals surface area contributed by atoms with E-state index in [2.05, 4.69) is 42.6 Å². The molecule has 0 bridgehead atoms. The van der Waals surface area contributed by atoms with Crippen molar-refractivity contribution in [1.82, 2.24) is 0 Å². The molecule has 0 aliphatic heterocycles. The zero-order valence-corrected chi connectivity index (χ0v) is 9.84. The normalized spacial score (nSPS) is 9.75. The highest BCUT2D eigenvalue weighted by Crippen LogP contribution is 2.17. The molecule has 0 saturated heterocycles. The van der Waals surface area contributed by atoms with Gasteiger partial charge in [0.25, 0.3) is 0 Å². The quantitative estimate of drug-likeness (QED) is 0.872. The number of hydrogen-bond acceptors (Lipinski definition) is 3. The number of nitrogens with one attached hydrogen (secondary N) is 1. The molecular formula is C13H12N2S. The van der Waals surface area contributed by atoms with Crippen LogP contribution in [0.15, 0.2) is 36.4 Å². The van der Waals surface area contributed by atoms with Gasteiger partial charge in [-0.05, 0) is 31.2 Å². The summed E-state index contributed by atoms with van der Waals surface area (Å²) in [5.41, 5.74) is 2.37. The molecule has 1 N–H and O–H groups in total. The summed E-state index contributed by atoms with van der Waals surface area (Å²) in [4.78, 5) is 1.94. The van der Waals surface area contributed by atoms with Crippen LogP contribution in [0.25, 0.3) is 0 Å². The molecule has 80 valence electrons. The number of thiophene rings is 1. The van der Waals surface area contributed by atoms with Gasteiger partial charge in [-0.15, -0.1) is 11.3 Å². The van der Waals surface area contributed by atoms with E-state index in [0.29, 0.717) is 0 Å². The predicted octanol–water partition coefficient (Wildman–Crippen LogP) is 3.54. The van der Waals surface area contributed by atoms with E-state index in [0.717, 1.165) is 17.1 Å². The summed E-state index contributed by atoms with van der Waals surface area (Å²) in [6, 6.07) is 14.3. The molecule has 0 unspecified atom stereocenters. The summed E-state index contributed by atoms with van der Waals surface area (Å²) in [6.45, 7) is 2.84. The topological polar surface area (TPSA) is 35.8 Å². The second-order valence-electron chi connectivity index (χ2n) is 3.60. The van der Waals surface area contributed by atoms with Crippen molar-refractivity contribution in [3.05, 3.63) is 51.7 Å². The van der Waals surface area contributed by atoms with Crippen molar-refractivity contribution in [2.75, 3.05) is 5.32 Å². The molecule has 3 heteroatoms. The first-order chi connectivity index (χ1) is 7.78. The summed E-state index contributed by atoms with van der Waals surface area (Å²) in [5.74, 6) is 0. The van der Waals surface area contributed by atoms with E-state index in [1.165, 1.54) is 21.8 Å². The van der Waals surface area contributed by atoms with Crippen LogP contribution in [0.2, 0.25) is 0 Å². The molecule has 1 aromatic carbocycles. The fraction of sp³-hybridized carbons (Fsp3) is 0.154. The van der Waals surface area contributed by atoms with Gasteiger partial charge in [-0.3, -0.25) is 0 Å². The first-order valence-electron chi connectivity index (χ1n) is 5.07. The number of hydrogen-bond donors (Lipinski definition) is 1. The van der Waals surface area contributed by atoms with E-state index in [1.807, 2.05) is 12.1 Å². The monoisotopic (exact) mass is 228 g/mol. The number of benzene rings is 1. The SMILES string of the molecule is Cc1ccc(NCc2ccc(C#N)s2)cc1. The van der Waals surface area contributed by atoms with Gasteiger partial charge in [-0.1, -0.05) is 17.7 Å². The molecule has 2 aromatic rings. The average Bonchev–Trinajstić information content (AvgIpc) is 2.76. The third-order valence-electron chi connectivity index (χ3n) is 2.29. The molecule has 0 aliphatic rings. The van der Waals surface area contributed by atoms with Gasteiger partial charge in [0.15, 0.2) is 0 Å². The molecule has 0 spiro atoms. The Morgan fingerprint density at radius 2 is 1.94 bits per heavy atom. The van der Waals surface area contributed by atoms with Crippen molar-refractivity contribution in [2.45, 2.75) is 13.5 Å². The second kappa shape index (κ2) is 4.82. The Balaban J connectivity index is 1.97. The maximum absolute atomic E-state index is 8.71. The van der Waals surface area contributed by atoms with E-state index in [4.69, 9.17) is 5.26 Å². The van der Waals surface area contributed by atoms with Crippen LogP contribution < -0.4 is 5.32 Å². The maximum atomic E-state index is 8.71. The van der Waals surface area contributed by atoms with Crippen molar-refractivity contribution in [3.63, 3.8) is 0 Å². The van der Waals surface area contributed by atoms with Crippen LogP contribution in [0.1, 0.15) is 15.3 Å². The molecule has 0 radical (unpaired) electrons. The Labute approximate surface area is 99.2 Å². The third kappa shape index (κ3) is 2.62. The summed E-state index contributed by atoms with van der Waals surface area (Å²) in [7, 11) is 0. The van der Waals surface area contributed by atoms with Gasteiger partial charge in [0.05, 0.1) is 0 Å². The molecule has 2 nitrogen and oxygen atoms in total. The summed E-state index contributed by atoms with van der Waals surface area (Å²) >= 11 is 1.53. The Morgan fingerprint density at radius 1 is 1.19 bits per heavy atom. The van der Waals surface area contributed by atoms with Crippen molar-refractivity contribution >= 4 is 17.0 Å². The van der Waals surface area contributed by atoms with E-state index in [1.54, 1.807) is 0 Å². The van der Waals surface area contributed by atoms with Crippen LogP contribution in [0, 0.1) is 18.3 Å².